The van der Waals surface area contributed by atoms with Gasteiger partial charge in [-0.25, -0.2) is 4.39 Å². The van der Waals surface area contributed by atoms with Crippen molar-refractivity contribution >= 4 is 16.8 Å². The van der Waals surface area contributed by atoms with Crippen molar-refractivity contribution in [3.8, 4) is 0 Å². The summed E-state index contributed by atoms with van der Waals surface area (Å²) in [6, 6.07) is 4.37. The number of aryl methyl sites for hydroxylation is 1. The highest BCUT2D eigenvalue weighted by Gasteiger charge is 2.03. The number of halogens is 2. The van der Waals surface area contributed by atoms with Crippen molar-refractivity contribution in [3.63, 3.8) is 0 Å². The van der Waals surface area contributed by atoms with Gasteiger partial charge in [0.15, 0.2) is 5.17 Å². The van der Waals surface area contributed by atoms with Crippen LogP contribution in [-0.4, -0.2) is 10.4 Å². The molecule has 1 N–H and O–H groups in total. The van der Waals surface area contributed by atoms with Crippen LogP contribution in [0, 0.1) is 12.7 Å². The Morgan fingerprint density at radius 2 is 2.25 bits per heavy atom. The van der Waals surface area contributed by atoms with E-state index in [2.05, 4.69) is 5.16 Å². The monoisotopic (exact) mass is 187 g/mol. The van der Waals surface area contributed by atoms with Crippen LogP contribution in [0.2, 0.25) is 0 Å². The molecular formula is C8H7ClFNO. The highest BCUT2D eigenvalue weighted by Crippen LogP contribution is 2.11. The molecular weight excluding hydrogens is 181 g/mol. The summed E-state index contributed by atoms with van der Waals surface area (Å²) in [5.41, 5.74) is 0.892. The molecule has 0 aliphatic carbocycles. The first-order chi connectivity index (χ1) is 5.65. The quantitative estimate of drug-likeness (QED) is 0.409. The average molecular weight is 188 g/mol. The zero-order valence-electron chi connectivity index (χ0n) is 6.38. The maximum Gasteiger partial charge on any atom is 0.175 e. The van der Waals surface area contributed by atoms with Gasteiger partial charge in [-0.3, -0.25) is 0 Å². The molecule has 4 heteroatoms. The molecule has 2 nitrogen and oxygen atoms in total. The normalized spacial score (nSPS) is 11.8. The Morgan fingerprint density at radius 1 is 1.58 bits per heavy atom. The van der Waals surface area contributed by atoms with Gasteiger partial charge in [0.05, 0.1) is 0 Å². The fourth-order valence-electron chi connectivity index (χ4n) is 0.779. The molecule has 0 aromatic heterocycles. The van der Waals surface area contributed by atoms with E-state index in [1.807, 2.05) is 0 Å². The molecule has 0 unspecified atom stereocenters. The minimum absolute atomic E-state index is 0.117. The largest absolute Gasteiger partial charge is 0.410 e. The molecule has 0 fully saturated rings. The van der Waals surface area contributed by atoms with Crippen molar-refractivity contribution in [2.75, 3.05) is 0 Å². The van der Waals surface area contributed by atoms with Gasteiger partial charge in [-0.05, 0) is 18.6 Å². The summed E-state index contributed by atoms with van der Waals surface area (Å²) in [4.78, 5) is 0. The van der Waals surface area contributed by atoms with Gasteiger partial charge in [0.1, 0.15) is 5.82 Å². The van der Waals surface area contributed by atoms with Crippen LogP contribution >= 0.6 is 11.6 Å². The second-order valence-corrected chi connectivity index (χ2v) is 2.71. The predicted molar refractivity (Wildman–Crippen MR) is 45.3 cm³/mol. The van der Waals surface area contributed by atoms with E-state index in [0.717, 1.165) is 0 Å². The lowest BCUT2D eigenvalue weighted by atomic mass is 10.1. The van der Waals surface area contributed by atoms with E-state index < -0.39 is 0 Å². The lowest BCUT2D eigenvalue weighted by molar-refractivity contribution is 0.321. The Balaban J connectivity index is 3.13. The standard InChI is InChI=1S/C8H7ClFNO/c1-5-2-3-6(4-7(5)10)8(9)11-12/h2-4,12H,1H3/b11-8-. The molecule has 0 amide bonds. The minimum atomic E-state index is -0.366. The Hall–Kier alpha value is -1.09. The second-order valence-electron chi connectivity index (χ2n) is 2.35. The summed E-state index contributed by atoms with van der Waals surface area (Å²) >= 11 is 5.45. The third-order valence-electron chi connectivity index (χ3n) is 1.50. The highest BCUT2D eigenvalue weighted by molar-refractivity contribution is 6.69. The van der Waals surface area contributed by atoms with Crippen LogP contribution in [0.15, 0.2) is 23.4 Å². The van der Waals surface area contributed by atoms with Gasteiger partial charge in [-0.2, -0.15) is 0 Å². The van der Waals surface area contributed by atoms with Gasteiger partial charge in [0, 0.05) is 5.56 Å². The van der Waals surface area contributed by atoms with Gasteiger partial charge in [0.25, 0.3) is 0 Å². The lowest BCUT2D eigenvalue weighted by Gasteiger charge is -1.98. The molecule has 1 rings (SSSR count). The van der Waals surface area contributed by atoms with Crippen LogP contribution < -0.4 is 0 Å². The van der Waals surface area contributed by atoms with Crippen molar-refractivity contribution in [1.82, 2.24) is 0 Å². The van der Waals surface area contributed by atoms with Gasteiger partial charge < -0.3 is 5.21 Å². The van der Waals surface area contributed by atoms with E-state index in [-0.39, 0.29) is 11.0 Å². The van der Waals surface area contributed by atoms with E-state index in [1.165, 1.54) is 6.07 Å². The number of nitrogens with zero attached hydrogens (tertiary/aromatic N) is 1. The Kier molecular flexibility index (Phi) is 2.65. The van der Waals surface area contributed by atoms with E-state index in [1.54, 1.807) is 19.1 Å². The topological polar surface area (TPSA) is 32.6 Å². The maximum atomic E-state index is 12.9. The fourth-order valence-corrected chi connectivity index (χ4v) is 0.896. The molecule has 0 spiro atoms. The Labute approximate surface area is 74.3 Å². The summed E-state index contributed by atoms with van der Waals surface area (Å²) in [7, 11) is 0. The predicted octanol–water partition coefficient (Wildman–Crippen LogP) is 2.51. The second kappa shape index (κ2) is 3.54. The molecule has 0 aliphatic heterocycles. The summed E-state index contributed by atoms with van der Waals surface area (Å²) < 4.78 is 12.9. The highest BCUT2D eigenvalue weighted by atomic mass is 35.5. The van der Waals surface area contributed by atoms with Crippen molar-refractivity contribution in [1.29, 1.82) is 0 Å². The summed E-state index contributed by atoms with van der Waals surface area (Å²) in [5.74, 6) is -0.366. The van der Waals surface area contributed by atoms with Crippen LogP contribution in [-0.2, 0) is 0 Å². The first-order valence-corrected chi connectivity index (χ1v) is 3.67. The SMILES string of the molecule is Cc1ccc(/C(Cl)=N/O)cc1F. The van der Waals surface area contributed by atoms with Gasteiger partial charge >= 0.3 is 0 Å². The number of hydrogen-bond acceptors (Lipinski definition) is 2. The average Bonchev–Trinajstić information content (AvgIpc) is 2.08. The van der Waals surface area contributed by atoms with E-state index >= 15 is 0 Å². The van der Waals surface area contributed by atoms with Gasteiger partial charge in [-0.1, -0.05) is 28.9 Å². The first kappa shape index (κ1) is 9.00. The van der Waals surface area contributed by atoms with Crippen LogP contribution in [0.4, 0.5) is 4.39 Å². The number of rotatable bonds is 1. The zero-order chi connectivity index (χ0) is 9.14. The third-order valence-corrected chi connectivity index (χ3v) is 1.79. The lowest BCUT2D eigenvalue weighted by Crippen LogP contribution is -1.93. The minimum Gasteiger partial charge on any atom is -0.410 e. The Bertz CT molecular complexity index is 325. The Morgan fingerprint density at radius 3 is 2.75 bits per heavy atom. The van der Waals surface area contributed by atoms with Crippen molar-refractivity contribution in [3.05, 3.63) is 35.1 Å². The first-order valence-electron chi connectivity index (χ1n) is 3.29. The van der Waals surface area contributed by atoms with E-state index in [9.17, 15) is 4.39 Å². The summed E-state index contributed by atoms with van der Waals surface area (Å²) in [6.45, 7) is 1.64. The van der Waals surface area contributed by atoms with E-state index in [4.69, 9.17) is 16.8 Å². The van der Waals surface area contributed by atoms with Gasteiger partial charge in [-0.15, -0.1) is 0 Å². The van der Waals surface area contributed by atoms with Gasteiger partial charge in [0.2, 0.25) is 0 Å². The van der Waals surface area contributed by atoms with Crippen LogP contribution in [0.3, 0.4) is 0 Å². The fraction of sp³-hybridized carbons (Fsp3) is 0.125. The zero-order valence-corrected chi connectivity index (χ0v) is 7.14. The molecule has 1 aromatic rings. The molecule has 0 atom stereocenters. The molecule has 0 saturated heterocycles. The van der Waals surface area contributed by atoms with Crippen molar-refractivity contribution in [2.45, 2.75) is 6.92 Å². The molecule has 0 radical (unpaired) electrons. The molecule has 1 aromatic carbocycles. The molecule has 0 heterocycles. The number of hydrogen-bond donors (Lipinski definition) is 1. The molecule has 0 aliphatic rings. The van der Waals surface area contributed by atoms with E-state index in [0.29, 0.717) is 11.1 Å². The molecule has 0 saturated carbocycles. The maximum absolute atomic E-state index is 12.9. The molecule has 64 valence electrons. The third kappa shape index (κ3) is 1.74. The summed E-state index contributed by atoms with van der Waals surface area (Å²) in [5, 5.41) is 10.9. The molecule has 12 heavy (non-hydrogen) atoms. The molecule has 0 bridgehead atoms. The number of oxime groups is 1. The van der Waals surface area contributed by atoms with Crippen LogP contribution in [0.1, 0.15) is 11.1 Å². The van der Waals surface area contributed by atoms with Crippen LogP contribution in [0.25, 0.3) is 0 Å². The van der Waals surface area contributed by atoms with Crippen molar-refractivity contribution in [2.24, 2.45) is 5.16 Å². The van der Waals surface area contributed by atoms with Crippen molar-refractivity contribution < 1.29 is 9.60 Å². The number of benzene rings is 1. The summed E-state index contributed by atoms with van der Waals surface area (Å²) in [6.07, 6.45) is 0. The smallest absolute Gasteiger partial charge is 0.175 e. The van der Waals surface area contributed by atoms with Crippen LogP contribution in [0.5, 0.6) is 0 Å².